The molecule has 1 heterocycles. The number of nitrogens with one attached hydrogen (secondary N) is 1. The van der Waals surface area contributed by atoms with Crippen LogP contribution in [0.25, 0.3) is 5.70 Å². The zero-order valence-corrected chi connectivity index (χ0v) is 11.5. The molecule has 1 aliphatic heterocycles. The summed E-state index contributed by atoms with van der Waals surface area (Å²) in [6.45, 7) is 0.695. The molecule has 1 aliphatic rings. The van der Waals surface area contributed by atoms with E-state index >= 15 is 0 Å². The largest absolute Gasteiger partial charge is 0.399 e. The Kier molecular flexibility index (Phi) is 3.60. The summed E-state index contributed by atoms with van der Waals surface area (Å²) in [5.41, 5.74) is 12.8. The molecule has 0 atom stereocenters. The Morgan fingerprint density at radius 1 is 1.10 bits per heavy atom. The predicted octanol–water partition coefficient (Wildman–Crippen LogP) is 3.28. The molecule has 2 aromatic rings. The van der Waals surface area contributed by atoms with E-state index in [4.69, 9.17) is 5.73 Å². The molecule has 0 saturated heterocycles. The fourth-order valence-electron chi connectivity index (χ4n) is 2.24. The van der Waals surface area contributed by atoms with Crippen LogP contribution >= 0.6 is 0 Å². The molecular weight excluding hydrogens is 265 g/mol. The lowest BCUT2D eigenvalue weighted by atomic mass is 10.1. The van der Waals surface area contributed by atoms with Gasteiger partial charge in [-0.2, -0.15) is 0 Å². The molecule has 21 heavy (non-hydrogen) atoms. The molecule has 3 rings (SSSR count). The number of benzene rings is 2. The molecule has 0 amide bonds. The van der Waals surface area contributed by atoms with Gasteiger partial charge in [0, 0.05) is 11.9 Å². The lowest BCUT2D eigenvalue weighted by molar-refractivity contribution is 0.313. The molecule has 0 bridgehead atoms. The van der Waals surface area contributed by atoms with Crippen LogP contribution in [0.3, 0.4) is 0 Å². The van der Waals surface area contributed by atoms with Gasteiger partial charge in [0.25, 0.3) is 0 Å². The number of rotatable bonds is 3. The van der Waals surface area contributed by atoms with E-state index in [0.717, 1.165) is 22.5 Å². The maximum atomic E-state index is 13.0. The van der Waals surface area contributed by atoms with Crippen LogP contribution in [0.1, 0.15) is 11.1 Å². The van der Waals surface area contributed by atoms with Crippen molar-refractivity contribution in [3.05, 3.63) is 83.8 Å². The first-order valence-corrected chi connectivity index (χ1v) is 6.73. The van der Waals surface area contributed by atoms with Crippen molar-refractivity contribution >= 4 is 11.4 Å². The van der Waals surface area contributed by atoms with Crippen molar-refractivity contribution in [2.24, 2.45) is 0 Å². The summed E-state index contributed by atoms with van der Waals surface area (Å²) >= 11 is 0. The quantitative estimate of drug-likeness (QED) is 0.848. The summed E-state index contributed by atoms with van der Waals surface area (Å²) in [4.78, 5) is 0. The number of anilines is 1. The molecule has 0 aromatic heterocycles. The Morgan fingerprint density at radius 2 is 1.90 bits per heavy atom. The number of nitrogens with two attached hydrogens (primary N) is 1. The van der Waals surface area contributed by atoms with Crippen LogP contribution in [0.2, 0.25) is 0 Å². The second-order valence-electron chi connectivity index (χ2n) is 4.91. The maximum Gasteiger partial charge on any atom is 0.123 e. The Balaban J connectivity index is 1.72. The second-order valence-corrected chi connectivity index (χ2v) is 4.91. The molecule has 0 saturated carbocycles. The number of nitrogens with zero attached hydrogens (tertiary/aromatic N) is 1. The monoisotopic (exact) mass is 281 g/mol. The van der Waals surface area contributed by atoms with Gasteiger partial charge in [0.15, 0.2) is 0 Å². The molecule has 3 N–H and O–H groups in total. The number of nitrogen functional groups attached to an aromatic ring is 1. The van der Waals surface area contributed by atoms with Crippen molar-refractivity contribution in [2.75, 3.05) is 5.73 Å². The van der Waals surface area contributed by atoms with Gasteiger partial charge in [0.1, 0.15) is 5.82 Å². The highest BCUT2D eigenvalue weighted by Gasteiger charge is 2.09. The number of halogens is 1. The summed E-state index contributed by atoms with van der Waals surface area (Å²) in [5, 5.41) is 1.97. The average Bonchev–Trinajstić information content (AvgIpc) is 2.48. The molecule has 4 heteroatoms. The lowest BCUT2D eigenvalue weighted by Crippen LogP contribution is -2.33. The van der Waals surface area contributed by atoms with Crippen LogP contribution in [0.15, 0.2) is 66.9 Å². The average molecular weight is 281 g/mol. The Labute approximate surface area is 123 Å². The van der Waals surface area contributed by atoms with Crippen molar-refractivity contribution in [3.63, 3.8) is 0 Å². The summed E-state index contributed by atoms with van der Waals surface area (Å²) < 4.78 is 13.0. The molecule has 0 unspecified atom stereocenters. The van der Waals surface area contributed by atoms with Crippen molar-refractivity contribution in [1.29, 1.82) is 0 Å². The number of allylic oxidation sites excluding steroid dienone is 2. The third-order valence-electron chi connectivity index (χ3n) is 3.25. The Bertz CT molecular complexity index is 689. The molecule has 2 aromatic carbocycles. The van der Waals surface area contributed by atoms with Gasteiger partial charge in [0.05, 0.1) is 12.2 Å². The van der Waals surface area contributed by atoms with Gasteiger partial charge < -0.3 is 5.73 Å². The van der Waals surface area contributed by atoms with Gasteiger partial charge in [0.2, 0.25) is 0 Å². The molecular formula is C17H16FN3. The third-order valence-corrected chi connectivity index (χ3v) is 3.25. The first kappa shape index (κ1) is 13.2. The van der Waals surface area contributed by atoms with Crippen LogP contribution in [0, 0.1) is 5.82 Å². The van der Waals surface area contributed by atoms with Crippen LogP contribution in [0.5, 0.6) is 0 Å². The first-order valence-electron chi connectivity index (χ1n) is 6.73. The van der Waals surface area contributed by atoms with E-state index in [2.05, 4.69) is 5.43 Å². The molecule has 0 radical (unpaired) electrons. The van der Waals surface area contributed by atoms with Crippen LogP contribution in [-0.4, -0.2) is 5.01 Å². The van der Waals surface area contributed by atoms with Crippen molar-refractivity contribution < 1.29 is 4.39 Å². The standard InChI is InChI=1S/C17H16FN3/c18-15-8-6-14(7-9-15)17-5-2-10-21(20-17)12-13-3-1-4-16(19)11-13/h1-11,20H,12,19H2. The van der Waals surface area contributed by atoms with E-state index in [-0.39, 0.29) is 5.82 Å². The first-order chi connectivity index (χ1) is 10.2. The lowest BCUT2D eigenvalue weighted by Gasteiger charge is -2.27. The van der Waals surface area contributed by atoms with E-state index in [1.54, 1.807) is 12.1 Å². The maximum absolute atomic E-state index is 13.0. The molecule has 3 nitrogen and oxygen atoms in total. The molecule has 106 valence electrons. The third kappa shape index (κ3) is 3.23. The second kappa shape index (κ2) is 5.71. The van der Waals surface area contributed by atoms with Gasteiger partial charge in [-0.05, 0) is 59.7 Å². The number of hydrogen-bond acceptors (Lipinski definition) is 3. The highest BCUT2D eigenvalue weighted by atomic mass is 19.1. The van der Waals surface area contributed by atoms with Gasteiger partial charge >= 0.3 is 0 Å². The summed E-state index contributed by atoms with van der Waals surface area (Å²) in [6.07, 6.45) is 5.88. The smallest absolute Gasteiger partial charge is 0.123 e. The summed E-state index contributed by atoms with van der Waals surface area (Å²) in [7, 11) is 0. The topological polar surface area (TPSA) is 41.3 Å². The molecule has 0 fully saturated rings. The van der Waals surface area contributed by atoms with Gasteiger partial charge in [-0.3, -0.25) is 10.4 Å². The van der Waals surface area contributed by atoms with E-state index in [1.807, 2.05) is 47.6 Å². The van der Waals surface area contributed by atoms with Gasteiger partial charge in [-0.25, -0.2) is 4.39 Å². The zero-order valence-electron chi connectivity index (χ0n) is 11.5. The molecule has 0 aliphatic carbocycles. The van der Waals surface area contributed by atoms with E-state index in [1.165, 1.54) is 12.1 Å². The Morgan fingerprint density at radius 3 is 2.67 bits per heavy atom. The van der Waals surface area contributed by atoms with E-state index in [9.17, 15) is 4.39 Å². The number of hydrogen-bond donors (Lipinski definition) is 2. The normalized spacial score (nSPS) is 13.8. The zero-order chi connectivity index (χ0) is 14.7. The van der Waals surface area contributed by atoms with Crippen LogP contribution in [0.4, 0.5) is 10.1 Å². The van der Waals surface area contributed by atoms with Gasteiger partial charge in [-0.15, -0.1) is 0 Å². The fourth-order valence-corrected chi connectivity index (χ4v) is 2.24. The predicted molar refractivity (Wildman–Crippen MR) is 83.1 cm³/mol. The van der Waals surface area contributed by atoms with E-state index in [0.29, 0.717) is 6.54 Å². The summed E-state index contributed by atoms with van der Waals surface area (Å²) in [6, 6.07) is 14.2. The van der Waals surface area contributed by atoms with Crippen molar-refractivity contribution in [2.45, 2.75) is 6.54 Å². The van der Waals surface area contributed by atoms with Crippen LogP contribution < -0.4 is 11.2 Å². The fraction of sp³-hybridized carbons (Fsp3) is 0.0588. The van der Waals surface area contributed by atoms with Crippen LogP contribution in [-0.2, 0) is 6.54 Å². The SMILES string of the molecule is Nc1cccc(CN2C=CC=C(c3ccc(F)cc3)N2)c1. The van der Waals surface area contributed by atoms with Gasteiger partial charge in [-0.1, -0.05) is 12.1 Å². The summed E-state index contributed by atoms with van der Waals surface area (Å²) in [5.74, 6) is -0.234. The molecule has 0 spiro atoms. The minimum atomic E-state index is -0.234. The minimum Gasteiger partial charge on any atom is -0.399 e. The highest BCUT2D eigenvalue weighted by molar-refractivity contribution is 5.65. The highest BCUT2D eigenvalue weighted by Crippen LogP contribution is 2.17. The number of hydrazine groups is 1. The van der Waals surface area contributed by atoms with E-state index < -0.39 is 0 Å². The minimum absolute atomic E-state index is 0.234. The van der Waals surface area contributed by atoms with Crippen molar-refractivity contribution in [3.8, 4) is 0 Å². The van der Waals surface area contributed by atoms with Crippen molar-refractivity contribution in [1.82, 2.24) is 10.4 Å². The Hall–Kier alpha value is -2.75.